The third-order valence-corrected chi connectivity index (χ3v) is 5.59. The molecule has 0 aliphatic carbocycles. The number of oxime groups is 1. The highest BCUT2D eigenvalue weighted by Gasteiger charge is 2.46. The topological polar surface area (TPSA) is 89.9 Å². The van der Waals surface area contributed by atoms with Gasteiger partial charge in [0.1, 0.15) is 17.7 Å². The summed E-state index contributed by atoms with van der Waals surface area (Å²) in [5, 5.41) is 2.85. The molecule has 0 saturated carbocycles. The maximum absolute atomic E-state index is 12.8. The molecular weight excluding hydrogens is 469 g/mol. The Morgan fingerprint density at radius 3 is 2.52 bits per heavy atom. The molecule has 0 aliphatic heterocycles. The molecule has 29 heavy (non-hydrogen) atoms. The Hall–Kier alpha value is -2.19. The average Bonchev–Trinajstić information content (AvgIpc) is 2.95. The van der Waals surface area contributed by atoms with Gasteiger partial charge in [0.05, 0.1) is 11.4 Å². The number of hydrogen-bond acceptors (Lipinski definition) is 7. The summed E-state index contributed by atoms with van der Waals surface area (Å²) >= 11 is 6.06. The van der Waals surface area contributed by atoms with Crippen LogP contribution in [0.3, 0.4) is 0 Å². The van der Waals surface area contributed by atoms with Gasteiger partial charge in [-0.15, -0.1) is 0 Å². The lowest BCUT2D eigenvalue weighted by atomic mass is 10.1. The summed E-state index contributed by atoms with van der Waals surface area (Å²) in [7, 11) is -4.53. The zero-order valence-electron chi connectivity index (χ0n) is 14.4. The highest BCUT2D eigenvalue weighted by molar-refractivity contribution is 7.93. The van der Waals surface area contributed by atoms with Crippen molar-refractivity contribution >= 4 is 44.4 Å². The minimum absolute atomic E-state index is 0.00302. The van der Waals surface area contributed by atoms with Gasteiger partial charge in [0.25, 0.3) is 11.6 Å². The van der Waals surface area contributed by atoms with Crippen LogP contribution in [0.25, 0.3) is 0 Å². The van der Waals surface area contributed by atoms with Crippen LogP contribution in [0.1, 0.15) is 23.8 Å². The van der Waals surface area contributed by atoms with E-state index in [0.717, 1.165) is 18.2 Å². The van der Waals surface area contributed by atoms with Crippen LogP contribution in [-0.2, 0) is 14.9 Å². The largest absolute Gasteiger partial charge is 0.516 e. The molecule has 1 N–H and O–H groups in total. The first-order chi connectivity index (χ1) is 13.4. The second-order valence-electron chi connectivity index (χ2n) is 5.16. The van der Waals surface area contributed by atoms with Gasteiger partial charge < -0.3 is 9.57 Å². The maximum atomic E-state index is 12.8. The van der Waals surface area contributed by atoms with E-state index in [4.69, 9.17) is 16.3 Å². The molecule has 1 heterocycles. The maximum Gasteiger partial charge on any atom is 0.516 e. The highest BCUT2D eigenvalue weighted by atomic mass is 35.5. The van der Waals surface area contributed by atoms with Crippen LogP contribution in [-0.4, -0.2) is 31.7 Å². The molecule has 0 atom stereocenters. The molecule has 0 fully saturated rings. The first-order valence-electron chi connectivity index (χ1n) is 7.29. The van der Waals surface area contributed by atoms with E-state index in [9.17, 15) is 30.4 Å². The summed E-state index contributed by atoms with van der Waals surface area (Å²) in [6.45, 7) is 1.34. The normalized spacial score (nSPS) is 12.9. The van der Waals surface area contributed by atoms with Crippen LogP contribution in [0, 0.1) is 0 Å². The molecule has 1 aromatic heterocycles. The molecule has 7 nitrogen and oxygen atoms in total. The van der Waals surface area contributed by atoms with Crippen LogP contribution < -0.4 is 9.46 Å². The molecule has 15 heteroatoms. The van der Waals surface area contributed by atoms with Crippen molar-refractivity contribution < 1.29 is 39.9 Å². The zero-order chi connectivity index (χ0) is 22.0. The molecule has 0 unspecified atom stereocenters. The fraction of sp³-hybridized carbons (Fsp3) is 0.286. The third kappa shape index (κ3) is 5.45. The van der Waals surface area contributed by atoms with Gasteiger partial charge in [-0.05, 0) is 25.1 Å². The minimum atomic E-state index is -5.70. The Balaban J connectivity index is 2.44. The molecular formula is C14H11ClF5N3O4S2. The van der Waals surface area contributed by atoms with Gasteiger partial charge in [0, 0.05) is 5.56 Å². The number of nitrogens with one attached hydrogen (secondary N) is 1. The summed E-state index contributed by atoms with van der Waals surface area (Å²) in [6, 6.07) is 3.21. The zero-order valence-corrected chi connectivity index (χ0v) is 16.8. The molecule has 2 aromatic rings. The molecule has 0 radical (unpaired) electrons. The molecule has 160 valence electrons. The number of nitrogens with zero attached hydrogens (tertiary/aromatic N) is 2. The van der Waals surface area contributed by atoms with Crippen LogP contribution in [0.15, 0.2) is 23.4 Å². The smallest absolute Gasteiger partial charge is 0.431 e. The summed E-state index contributed by atoms with van der Waals surface area (Å²) in [5.74, 6) is -0.0492. The monoisotopic (exact) mass is 479 g/mol. The Morgan fingerprint density at radius 1 is 1.34 bits per heavy atom. The molecule has 0 bridgehead atoms. The first kappa shape index (κ1) is 23.1. The number of anilines is 1. The van der Waals surface area contributed by atoms with Crippen molar-refractivity contribution in [3.05, 3.63) is 33.8 Å². The first-order valence-corrected chi connectivity index (χ1v) is 9.97. The van der Waals surface area contributed by atoms with Crippen molar-refractivity contribution in [2.75, 3.05) is 11.8 Å². The number of hydrogen-bond donors (Lipinski definition) is 1. The molecule has 2 rings (SSSR count). The average molecular weight is 480 g/mol. The molecule has 0 amide bonds. The van der Waals surface area contributed by atoms with Gasteiger partial charge in [-0.1, -0.05) is 28.1 Å². The van der Waals surface area contributed by atoms with Crippen molar-refractivity contribution in [2.45, 2.75) is 18.9 Å². The van der Waals surface area contributed by atoms with E-state index in [1.807, 2.05) is 0 Å². The number of ether oxygens (including phenoxy) is 1. The van der Waals surface area contributed by atoms with E-state index in [1.54, 1.807) is 0 Å². The Morgan fingerprint density at radius 2 is 2.00 bits per heavy atom. The predicted octanol–water partition coefficient (Wildman–Crippen LogP) is 5.16. The van der Waals surface area contributed by atoms with E-state index in [1.165, 1.54) is 18.8 Å². The Kier molecular flexibility index (Phi) is 6.90. The minimum Gasteiger partial charge on any atom is -0.431 e. The number of benzene rings is 1. The number of aromatic nitrogens is 1. The number of thiazole rings is 1. The van der Waals surface area contributed by atoms with Gasteiger partial charge in [-0.25, -0.2) is 8.78 Å². The van der Waals surface area contributed by atoms with Crippen molar-refractivity contribution in [3.8, 4) is 10.9 Å². The lowest BCUT2D eigenvalue weighted by Crippen LogP contribution is -2.30. The second-order valence-corrected chi connectivity index (χ2v) is 8.18. The van der Waals surface area contributed by atoms with E-state index in [-0.39, 0.29) is 22.2 Å². The van der Waals surface area contributed by atoms with E-state index >= 15 is 0 Å². The summed E-state index contributed by atoms with van der Waals surface area (Å²) in [4.78, 5) is 7.65. The summed E-state index contributed by atoms with van der Waals surface area (Å²) in [5.41, 5.74) is -6.12. The molecule has 0 saturated heterocycles. The number of alkyl halides is 5. The number of sulfonamides is 1. The lowest BCUT2D eigenvalue weighted by molar-refractivity contribution is -0.0429. The highest BCUT2D eigenvalue weighted by Crippen LogP contribution is 2.38. The van der Waals surface area contributed by atoms with Crippen LogP contribution >= 0.6 is 22.9 Å². The lowest BCUT2D eigenvalue weighted by Gasteiger charge is -2.15. The van der Waals surface area contributed by atoms with Crippen molar-refractivity contribution in [1.29, 1.82) is 0 Å². The third-order valence-electron chi connectivity index (χ3n) is 3.15. The van der Waals surface area contributed by atoms with Crippen molar-refractivity contribution in [3.63, 3.8) is 0 Å². The van der Waals surface area contributed by atoms with E-state index in [0.29, 0.717) is 11.3 Å². The predicted molar refractivity (Wildman–Crippen MR) is 96.4 cm³/mol. The Bertz CT molecular complexity index is 1020. The fourth-order valence-electron chi connectivity index (χ4n) is 1.94. The standard InChI is InChI=1S/C14H11ClF5N3O4S2/c1-6(22-26-2)8-5-7(27-13-21-11(15)10(28-13)12(16)17)3-4-9(8)23-29(24,25)14(18,19)20/h3-5,12,23H,1-2H3. The van der Waals surface area contributed by atoms with Gasteiger partial charge in [-0.3, -0.25) is 4.72 Å². The number of rotatable bonds is 7. The van der Waals surface area contributed by atoms with Crippen LogP contribution in [0.5, 0.6) is 10.9 Å². The van der Waals surface area contributed by atoms with Gasteiger partial charge in [0.15, 0.2) is 5.15 Å². The Labute approximate surface area is 170 Å². The van der Waals surface area contributed by atoms with Crippen molar-refractivity contribution in [1.82, 2.24) is 4.98 Å². The van der Waals surface area contributed by atoms with E-state index < -0.39 is 37.7 Å². The van der Waals surface area contributed by atoms with E-state index in [2.05, 4.69) is 15.0 Å². The SMILES string of the molecule is CON=C(C)c1cc(Oc2nc(Cl)c(C(F)F)s2)ccc1NS(=O)(=O)C(F)(F)F. The second kappa shape index (κ2) is 8.67. The fourth-order valence-corrected chi connectivity index (χ4v) is 3.53. The number of halogens is 6. The van der Waals surface area contributed by atoms with Gasteiger partial charge in [0.2, 0.25) is 0 Å². The van der Waals surface area contributed by atoms with Gasteiger partial charge in [-0.2, -0.15) is 26.6 Å². The van der Waals surface area contributed by atoms with Gasteiger partial charge >= 0.3 is 15.5 Å². The molecule has 0 spiro atoms. The molecule has 1 aromatic carbocycles. The van der Waals surface area contributed by atoms with Crippen LogP contribution in [0.4, 0.5) is 27.6 Å². The summed E-state index contributed by atoms with van der Waals surface area (Å²) < 4.78 is 93.1. The van der Waals surface area contributed by atoms with Crippen molar-refractivity contribution in [2.24, 2.45) is 5.16 Å². The summed E-state index contributed by atoms with van der Waals surface area (Å²) in [6.07, 6.45) is -2.87. The quantitative estimate of drug-likeness (QED) is 0.336. The van der Waals surface area contributed by atoms with Crippen LogP contribution in [0.2, 0.25) is 5.15 Å². The molecule has 0 aliphatic rings.